The summed E-state index contributed by atoms with van der Waals surface area (Å²) in [5.74, 6) is 0.273. The van der Waals surface area contributed by atoms with Gasteiger partial charge in [0, 0.05) is 13.6 Å². The number of primary amides is 1. The zero-order valence-electron chi connectivity index (χ0n) is 19.6. The second-order valence-corrected chi connectivity index (χ2v) is 9.32. The second kappa shape index (κ2) is 12.3. The lowest BCUT2D eigenvalue weighted by atomic mass is 9.86. The highest BCUT2D eigenvalue weighted by Crippen LogP contribution is 2.24. The maximum atomic E-state index is 10.9. The summed E-state index contributed by atoms with van der Waals surface area (Å²) in [5, 5.41) is 7.96. The lowest BCUT2D eigenvalue weighted by molar-refractivity contribution is -0.114. The van der Waals surface area contributed by atoms with Gasteiger partial charge < -0.3 is 16.9 Å². The molecule has 1 amide bonds. The van der Waals surface area contributed by atoms with Gasteiger partial charge in [0.1, 0.15) is 0 Å². The predicted octanol–water partition coefficient (Wildman–Crippen LogP) is 5.87. The van der Waals surface area contributed by atoms with Gasteiger partial charge in [-0.1, -0.05) is 84.4 Å². The van der Waals surface area contributed by atoms with Crippen LogP contribution in [0.15, 0.2) is 53.3 Å². The van der Waals surface area contributed by atoms with Gasteiger partial charge in [-0.05, 0) is 47.8 Å². The molecule has 5 N–H and O–H groups in total. The van der Waals surface area contributed by atoms with E-state index in [0.717, 1.165) is 12.0 Å². The smallest absolute Gasteiger partial charge is 0.264 e. The molecule has 0 saturated heterocycles. The summed E-state index contributed by atoms with van der Waals surface area (Å²) in [4.78, 5) is 10.9. The summed E-state index contributed by atoms with van der Waals surface area (Å²) in [6, 6.07) is 10.2. The van der Waals surface area contributed by atoms with E-state index in [1.807, 2.05) is 38.1 Å². The fraction of sp³-hybridized carbons (Fsp3) is 0.520. The van der Waals surface area contributed by atoms with Crippen molar-refractivity contribution in [2.24, 2.45) is 28.7 Å². The fourth-order valence-electron chi connectivity index (χ4n) is 2.60. The predicted molar refractivity (Wildman–Crippen MR) is 128 cm³/mol. The van der Waals surface area contributed by atoms with E-state index in [-0.39, 0.29) is 18.5 Å². The first-order chi connectivity index (χ1) is 13.3. The molecule has 1 rings (SSSR count). The molecule has 29 heavy (non-hydrogen) atoms. The molecule has 4 nitrogen and oxygen atoms in total. The molecule has 1 aromatic rings. The largest absolute Gasteiger partial charge is 0.394 e. The van der Waals surface area contributed by atoms with Crippen molar-refractivity contribution in [3.05, 3.63) is 58.8 Å². The van der Waals surface area contributed by atoms with Crippen LogP contribution in [0, 0.1) is 22.7 Å². The fourth-order valence-corrected chi connectivity index (χ4v) is 2.60. The van der Waals surface area contributed by atoms with Crippen molar-refractivity contribution in [2.45, 2.75) is 68.2 Å². The number of nitrogens with two attached hydrogens (primary N) is 2. The Morgan fingerprint density at radius 1 is 1.10 bits per heavy atom. The van der Waals surface area contributed by atoms with Gasteiger partial charge in [-0.2, -0.15) is 0 Å². The van der Waals surface area contributed by atoms with Crippen molar-refractivity contribution in [1.82, 2.24) is 0 Å². The van der Waals surface area contributed by atoms with Gasteiger partial charge in [0.05, 0.1) is 5.70 Å². The van der Waals surface area contributed by atoms with Crippen LogP contribution in [0.2, 0.25) is 0 Å². The van der Waals surface area contributed by atoms with E-state index in [1.54, 1.807) is 0 Å². The number of amides is 1. The van der Waals surface area contributed by atoms with E-state index in [1.165, 1.54) is 11.1 Å². The summed E-state index contributed by atoms with van der Waals surface area (Å²) in [5.41, 5.74) is 15.3. The van der Waals surface area contributed by atoms with Crippen LogP contribution in [-0.2, 0) is 11.2 Å². The molecule has 0 aromatic heterocycles. The van der Waals surface area contributed by atoms with Crippen LogP contribution in [0.1, 0.15) is 68.8 Å². The van der Waals surface area contributed by atoms with Crippen molar-refractivity contribution < 1.29 is 6.22 Å². The average molecular weight is 402 g/mol. The minimum absolute atomic E-state index is 0. The van der Waals surface area contributed by atoms with Crippen molar-refractivity contribution in [3.8, 4) is 0 Å². The van der Waals surface area contributed by atoms with Crippen LogP contribution >= 0.6 is 0 Å². The minimum Gasteiger partial charge on any atom is -0.394 e. The summed E-state index contributed by atoms with van der Waals surface area (Å²) in [7, 11) is 0. The number of nitrogens with one attached hydrogen (secondary N) is 1. The van der Waals surface area contributed by atoms with Crippen molar-refractivity contribution in [2.75, 3.05) is 0 Å². The second-order valence-electron chi connectivity index (χ2n) is 9.32. The molecule has 0 fully saturated rings. The minimum atomic E-state index is -0.510. The topological polar surface area (TPSA) is 93.0 Å². The third-order valence-corrected chi connectivity index (χ3v) is 4.75. The Kier molecular flexibility index (Phi) is 11.3. The summed E-state index contributed by atoms with van der Waals surface area (Å²) < 4.78 is 0. The van der Waals surface area contributed by atoms with E-state index in [4.69, 9.17) is 16.9 Å². The monoisotopic (exact) mass is 401 g/mol. The third-order valence-electron chi connectivity index (χ3n) is 4.75. The van der Waals surface area contributed by atoms with Gasteiger partial charge in [0.25, 0.3) is 5.91 Å². The lowest BCUT2D eigenvalue weighted by Crippen LogP contribution is -2.24. The van der Waals surface area contributed by atoms with E-state index in [9.17, 15) is 4.79 Å². The van der Waals surface area contributed by atoms with Crippen molar-refractivity contribution in [3.63, 3.8) is 0 Å². The lowest BCUT2D eigenvalue weighted by Gasteiger charge is -2.19. The highest BCUT2D eigenvalue weighted by atomic mass is 16.1. The maximum absolute atomic E-state index is 10.9. The molecule has 0 unspecified atom stereocenters. The number of benzene rings is 1. The van der Waals surface area contributed by atoms with Gasteiger partial charge >= 0.3 is 0 Å². The molecule has 0 aliphatic heterocycles. The van der Waals surface area contributed by atoms with Gasteiger partial charge in [0.15, 0.2) is 0 Å². The van der Waals surface area contributed by atoms with Gasteiger partial charge in [-0.25, -0.2) is 0 Å². The Morgan fingerprint density at radius 3 is 2.00 bits per heavy atom. The molecular weight excluding hydrogens is 358 g/mol. The van der Waals surface area contributed by atoms with Crippen LogP contribution in [0.3, 0.4) is 0 Å². The van der Waals surface area contributed by atoms with Gasteiger partial charge in [-0.3, -0.25) is 4.79 Å². The molecule has 0 atom stereocenters. The molecule has 0 aliphatic rings. The Balaban J connectivity index is 0. The Morgan fingerprint density at radius 2 is 1.62 bits per heavy atom. The normalized spacial score (nSPS) is 13.0. The number of hydrogen-bond donors (Lipinski definition) is 3. The summed E-state index contributed by atoms with van der Waals surface area (Å²) in [6.45, 7) is 16.9. The molecule has 0 saturated carbocycles. The number of carbonyl (C=O) groups excluding carboxylic acids is 1. The van der Waals surface area contributed by atoms with E-state index in [0.29, 0.717) is 18.1 Å². The number of rotatable bonds is 7. The van der Waals surface area contributed by atoms with E-state index < -0.39 is 5.91 Å². The number of hydrogen-bond acceptors (Lipinski definition) is 3. The quantitative estimate of drug-likeness (QED) is 0.393. The Bertz CT molecular complexity index is 727. The van der Waals surface area contributed by atoms with Gasteiger partial charge in [0.2, 0.25) is 0 Å². The molecule has 0 spiro atoms. The first-order valence-electron chi connectivity index (χ1n) is 10.3. The molecule has 0 bridgehead atoms. The van der Waals surface area contributed by atoms with E-state index in [2.05, 4.69) is 53.7 Å². The molecule has 1 aromatic carbocycles. The molecule has 0 radical (unpaired) electrons. The summed E-state index contributed by atoms with van der Waals surface area (Å²) >= 11 is 0. The van der Waals surface area contributed by atoms with Crippen LogP contribution in [0.4, 0.5) is 0 Å². The average Bonchev–Trinajstić information content (AvgIpc) is 2.59. The highest BCUT2D eigenvalue weighted by Gasteiger charge is 2.14. The van der Waals surface area contributed by atoms with Crippen molar-refractivity contribution >= 4 is 11.6 Å². The molecular formula is C25H43N3O. The maximum Gasteiger partial charge on any atom is 0.264 e. The van der Waals surface area contributed by atoms with Crippen LogP contribution < -0.4 is 11.5 Å². The van der Waals surface area contributed by atoms with Gasteiger partial charge in [-0.15, -0.1) is 0 Å². The first-order valence-corrected chi connectivity index (χ1v) is 10.3. The zero-order valence-corrected chi connectivity index (χ0v) is 19.6. The van der Waals surface area contributed by atoms with Crippen LogP contribution in [0.25, 0.3) is 0 Å². The highest BCUT2D eigenvalue weighted by molar-refractivity contribution is 5.94. The zero-order chi connectivity index (χ0) is 22.8. The van der Waals surface area contributed by atoms with Crippen LogP contribution in [0.5, 0.6) is 0 Å². The van der Waals surface area contributed by atoms with Crippen LogP contribution in [-0.4, -0.2) is 11.6 Å². The van der Waals surface area contributed by atoms with Crippen molar-refractivity contribution in [1.29, 1.82) is 5.41 Å². The molecule has 0 heterocycles. The van der Waals surface area contributed by atoms with E-state index >= 15 is 0 Å². The molecule has 164 valence electrons. The molecule has 4 heteroatoms. The first kappa shape index (κ1) is 26.6. The number of carbonyl (C=O) groups is 1. The Labute approximate surface area is 179 Å². The SMILES string of the molecule is C/C(=C\C(=N)Cc1ccccc1)C(C)(C)C.CC(C)C/C(=C(\N)C(N)=O)C(C)C.[HH]. The number of allylic oxidation sites excluding steroid dienone is 3. The standard InChI is InChI=1S/C15H21N.C10H20N2O.H2/c1-12(15(2,3)4)10-14(16)11-13-8-6-5-7-9-13;1-6(2)5-8(7(3)4)9(11)10(12)13;/h5-10,16H,11H2,1-4H3;6-7H,5,11H2,1-4H3,(H2,12,13);1H/b12-10+,16-14?;9-8+;. The molecule has 0 aliphatic carbocycles. The Hall–Kier alpha value is -2.36. The summed E-state index contributed by atoms with van der Waals surface area (Å²) in [6.07, 6.45) is 3.55. The third kappa shape index (κ3) is 11.3.